The Bertz CT molecular complexity index is 586. The Morgan fingerprint density at radius 2 is 1.79 bits per heavy atom. The Balaban J connectivity index is 3.28. The van der Waals surface area contributed by atoms with Gasteiger partial charge in [0, 0.05) is 4.47 Å². The third-order valence-corrected chi connectivity index (χ3v) is 4.00. The van der Waals surface area contributed by atoms with Crippen molar-refractivity contribution in [3.05, 3.63) is 28.7 Å². The number of carbonyl (C=O) groups is 2. The molecule has 24 heavy (non-hydrogen) atoms. The summed E-state index contributed by atoms with van der Waals surface area (Å²) in [6.07, 6.45) is 2.19. The van der Waals surface area contributed by atoms with Crippen LogP contribution < -0.4 is 0 Å². The van der Waals surface area contributed by atoms with Gasteiger partial charge in [-0.05, 0) is 48.3 Å². The highest BCUT2D eigenvalue weighted by Crippen LogP contribution is 2.26. The van der Waals surface area contributed by atoms with Gasteiger partial charge in [0.15, 0.2) is 0 Å². The first-order valence-electron chi connectivity index (χ1n) is 8.21. The smallest absolute Gasteiger partial charge is 0.353 e. The van der Waals surface area contributed by atoms with E-state index in [0.29, 0.717) is 12.1 Å². The molecule has 1 rings (SSSR count). The molecule has 1 aromatic rings. The van der Waals surface area contributed by atoms with Gasteiger partial charge < -0.3 is 9.47 Å². The Hall–Kier alpha value is -1.69. The second-order valence-electron chi connectivity index (χ2n) is 5.12. The summed E-state index contributed by atoms with van der Waals surface area (Å²) in [5, 5.41) is 0. The van der Waals surface area contributed by atoms with E-state index in [9.17, 15) is 9.59 Å². The minimum absolute atomic E-state index is 0.0932. The number of benzene rings is 1. The van der Waals surface area contributed by atoms with Gasteiger partial charge in [-0.15, -0.1) is 0 Å². The molecule has 0 saturated heterocycles. The zero-order chi connectivity index (χ0) is 17.9. The zero-order valence-corrected chi connectivity index (χ0v) is 16.0. The molecule has 0 fully saturated rings. The number of ether oxygens (including phenoxy) is 2. The number of para-hydroxylation sites is 1. The van der Waals surface area contributed by atoms with Crippen molar-refractivity contribution < 1.29 is 19.1 Å². The maximum Gasteiger partial charge on any atom is 0.353 e. The highest BCUT2D eigenvalue weighted by Gasteiger charge is 2.31. The summed E-state index contributed by atoms with van der Waals surface area (Å²) < 4.78 is 11.0. The maximum atomic E-state index is 12.4. The van der Waals surface area contributed by atoms with Crippen LogP contribution in [0.3, 0.4) is 0 Å². The topological polar surface area (TPSA) is 65.0 Å². The number of esters is 2. The molecule has 5 nitrogen and oxygen atoms in total. The Labute approximate surface area is 151 Å². The van der Waals surface area contributed by atoms with Gasteiger partial charge in [-0.25, -0.2) is 9.79 Å². The number of halogens is 1. The van der Waals surface area contributed by atoms with Gasteiger partial charge in [-0.2, -0.15) is 0 Å². The van der Waals surface area contributed by atoms with Crippen molar-refractivity contribution in [2.24, 2.45) is 10.9 Å². The van der Waals surface area contributed by atoms with Crippen LogP contribution in [0.2, 0.25) is 0 Å². The van der Waals surface area contributed by atoms with Gasteiger partial charge in [0.25, 0.3) is 0 Å². The third kappa shape index (κ3) is 6.07. The fourth-order valence-electron chi connectivity index (χ4n) is 2.16. The van der Waals surface area contributed by atoms with Crippen LogP contribution in [-0.4, -0.2) is 30.9 Å². The van der Waals surface area contributed by atoms with Gasteiger partial charge in [-0.3, -0.25) is 4.79 Å². The number of carbonyl (C=O) groups excluding carboxylic acids is 2. The zero-order valence-electron chi connectivity index (χ0n) is 14.4. The number of aliphatic imine (C=N–C) groups is 1. The van der Waals surface area contributed by atoms with Gasteiger partial charge in [0.05, 0.1) is 18.9 Å². The molecule has 0 saturated carbocycles. The van der Waals surface area contributed by atoms with Crippen LogP contribution in [0.4, 0.5) is 5.69 Å². The van der Waals surface area contributed by atoms with Crippen molar-refractivity contribution >= 4 is 39.3 Å². The average molecular weight is 398 g/mol. The predicted octanol–water partition coefficient (Wildman–Crippen LogP) is 4.45. The van der Waals surface area contributed by atoms with E-state index in [-0.39, 0.29) is 18.9 Å². The largest absolute Gasteiger partial charge is 0.465 e. The SMILES string of the molecule is CCCCC(C(=O)OCC)C(=Nc1ccccc1Br)C(=O)OCC. The monoisotopic (exact) mass is 397 g/mol. The standard InChI is InChI=1S/C18H24BrNO4/c1-4-7-10-13(17(21)23-5-2)16(18(22)24-6-3)20-15-12-9-8-11-14(15)19/h8-9,11-13H,4-7,10H2,1-3H3. The van der Waals surface area contributed by atoms with Gasteiger partial charge in [-0.1, -0.05) is 31.9 Å². The van der Waals surface area contributed by atoms with Gasteiger partial charge in [0.1, 0.15) is 11.6 Å². The van der Waals surface area contributed by atoms with Crippen LogP contribution in [0.5, 0.6) is 0 Å². The average Bonchev–Trinajstić information content (AvgIpc) is 2.56. The van der Waals surface area contributed by atoms with Crippen LogP contribution in [0.1, 0.15) is 40.0 Å². The van der Waals surface area contributed by atoms with E-state index in [1.54, 1.807) is 19.9 Å². The lowest BCUT2D eigenvalue weighted by molar-refractivity contribution is -0.147. The molecular formula is C18H24BrNO4. The normalized spacial score (nSPS) is 12.6. The van der Waals surface area contributed by atoms with Crippen LogP contribution in [0, 0.1) is 5.92 Å². The predicted molar refractivity (Wildman–Crippen MR) is 97.5 cm³/mol. The second-order valence-corrected chi connectivity index (χ2v) is 5.97. The Morgan fingerprint density at radius 3 is 2.38 bits per heavy atom. The molecule has 0 bridgehead atoms. The summed E-state index contributed by atoms with van der Waals surface area (Å²) in [6, 6.07) is 7.27. The van der Waals surface area contributed by atoms with Crippen molar-refractivity contribution in [2.45, 2.75) is 40.0 Å². The van der Waals surface area contributed by atoms with Gasteiger partial charge >= 0.3 is 11.9 Å². The molecular weight excluding hydrogens is 374 g/mol. The van der Waals surface area contributed by atoms with E-state index in [2.05, 4.69) is 20.9 Å². The Morgan fingerprint density at radius 1 is 1.12 bits per heavy atom. The van der Waals surface area contributed by atoms with Crippen molar-refractivity contribution in [1.29, 1.82) is 0 Å². The molecule has 6 heteroatoms. The van der Waals surface area contributed by atoms with E-state index in [0.717, 1.165) is 17.3 Å². The highest BCUT2D eigenvalue weighted by molar-refractivity contribution is 9.10. The highest BCUT2D eigenvalue weighted by atomic mass is 79.9. The molecule has 132 valence electrons. The molecule has 0 aliphatic carbocycles. The molecule has 1 atom stereocenters. The van der Waals surface area contributed by atoms with Gasteiger partial charge in [0.2, 0.25) is 0 Å². The van der Waals surface area contributed by atoms with Crippen molar-refractivity contribution in [3.63, 3.8) is 0 Å². The third-order valence-electron chi connectivity index (χ3n) is 3.33. The number of hydrogen-bond donors (Lipinski definition) is 0. The second kappa shape index (κ2) is 11.0. The molecule has 0 aliphatic rings. The van der Waals surface area contributed by atoms with Crippen LogP contribution in [0.15, 0.2) is 33.7 Å². The van der Waals surface area contributed by atoms with Crippen molar-refractivity contribution in [3.8, 4) is 0 Å². The fourth-order valence-corrected chi connectivity index (χ4v) is 2.53. The molecule has 0 spiro atoms. The summed E-state index contributed by atoms with van der Waals surface area (Å²) in [5.41, 5.74) is 0.669. The van der Waals surface area contributed by atoms with E-state index in [1.807, 2.05) is 25.1 Å². The number of rotatable bonds is 9. The summed E-state index contributed by atoms with van der Waals surface area (Å²) >= 11 is 3.41. The molecule has 0 aliphatic heterocycles. The molecule has 0 heterocycles. The summed E-state index contributed by atoms with van der Waals surface area (Å²) in [7, 11) is 0. The lowest BCUT2D eigenvalue weighted by Gasteiger charge is -2.17. The van der Waals surface area contributed by atoms with E-state index in [4.69, 9.17) is 9.47 Å². The first kappa shape index (κ1) is 20.4. The number of hydrogen-bond acceptors (Lipinski definition) is 5. The first-order chi connectivity index (χ1) is 11.5. The lowest BCUT2D eigenvalue weighted by atomic mass is 9.96. The molecule has 0 radical (unpaired) electrons. The van der Waals surface area contributed by atoms with E-state index < -0.39 is 17.9 Å². The molecule has 1 aromatic carbocycles. The lowest BCUT2D eigenvalue weighted by Crippen LogP contribution is -2.33. The van der Waals surface area contributed by atoms with Crippen molar-refractivity contribution in [1.82, 2.24) is 0 Å². The minimum Gasteiger partial charge on any atom is -0.465 e. The van der Waals surface area contributed by atoms with Crippen molar-refractivity contribution in [2.75, 3.05) is 13.2 Å². The van der Waals surface area contributed by atoms with E-state index >= 15 is 0 Å². The summed E-state index contributed by atoms with van der Waals surface area (Å²) in [4.78, 5) is 29.2. The molecule has 0 aromatic heterocycles. The number of nitrogens with zero attached hydrogens (tertiary/aromatic N) is 1. The quantitative estimate of drug-likeness (QED) is 0.455. The summed E-state index contributed by atoms with van der Waals surface area (Å²) in [6.45, 7) is 5.96. The fraction of sp³-hybridized carbons (Fsp3) is 0.500. The van der Waals surface area contributed by atoms with Crippen LogP contribution in [0.25, 0.3) is 0 Å². The summed E-state index contributed by atoms with van der Waals surface area (Å²) in [5.74, 6) is -1.75. The van der Waals surface area contributed by atoms with Crippen LogP contribution in [-0.2, 0) is 19.1 Å². The maximum absolute atomic E-state index is 12.4. The molecule has 1 unspecified atom stereocenters. The minimum atomic E-state index is -0.726. The van der Waals surface area contributed by atoms with E-state index in [1.165, 1.54) is 0 Å². The molecule has 0 amide bonds. The molecule has 0 N–H and O–H groups in total. The van der Waals surface area contributed by atoms with Crippen LogP contribution >= 0.6 is 15.9 Å². The first-order valence-corrected chi connectivity index (χ1v) is 9.01. The number of unbranched alkanes of at least 4 members (excludes halogenated alkanes) is 1. The Kier molecular flexibility index (Phi) is 9.30.